The molecule has 0 spiro atoms. The smallest absolute Gasteiger partial charge is 0.339 e. The Morgan fingerprint density at radius 1 is 1.00 bits per heavy atom. The van der Waals surface area contributed by atoms with Crippen molar-refractivity contribution in [3.05, 3.63) is 82.9 Å². The number of hydrazone groups is 1. The zero-order valence-corrected chi connectivity index (χ0v) is 18.5. The predicted octanol–water partition coefficient (Wildman–Crippen LogP) is 2.95. The molecule has 0 aromatic heterocycles. The fourth-order valence-electron chi connectivity index (χ4n) is 3.07. The maximum absolute atomic E-state index is 12.7. The SMILES string of the molecule is Cc1cc2c(cc1S(=O)(=O)Oc1ccc(C(=O)N/N=C\c3ccc(C(=O)O)cc3)cc1)OCO2. The standard InChI is InChI=1S/C23H18N2O8S/c1-14-10-19-20(32-13-31-19)11-21(14)34(29,30)33-18-8-6-16(7-9-18)22(26)25-24-12-15-2-4-17(5-3-15)23(27)28/h2-12H,13H2,1H3,(H,25,26)(H,27,28)/b24-12-. The summed E-state index contributed by atoms with van der Waals surface area (Å²) in [6.07, 6.45) is 1.36. The normalized spacial score (nSPS) is 12.5. The number of hydrogen-bond donors (Lipinski definition) is 2. The van der Waals surface area contributed by atoms with E-state index in [1.165, 1.54) is 48.7 Å². The molecule has 1 heterocycles. The first-order valence-corrected chi connectivity index (χ1v) is 11.3. The number of carbonyl (C=O) groups is 2. The van der Waals surface area contributed by atoms with E-state index in [9.17, 15) is 18.0 Å². The molecule has 3 aromatic carbocycles. The lowest BCUT2D eigenvalue weighted by Gasteiger charge is -2.10. The van der Waals surface area contributed by atoms with Crippen LogP contribution in [0.3, 0.4) is 0 Å². The van der Waals surface area contributed by atoms with Gasteiger partial charge in [-0.25, -0.2) is 10.2 Å². The van der Waals surface area contributed by atoms with Gasteiger partial charge in [0.05, 0.1) is 11.8 Å². The Bertz CT molecular complexity index is 1380. The van der Waals surface area contributed by atoms with Crippen LogP contribution in [0.1, 0.15) is 31.8 Å². The molecule has 11 heteroatoms. The van der Waals surface area contributed by atoms with Gasteiger partial charge in [-0.05, 0) is 60.5 Å². The van der Waals surface area contributed by atoms with Crippen LogP contribution in [0.4, 0.5) is 0 Å². The number of aryl methyl sites for hydroxylation is 1. The molecule has 0 saturated heterocycles. The van der Waals surface area contributed by atoms with E-state index in [1.807, 2.05) is 0 Å². The van der Waals surface area contributed by atoms with E-state index in [1.54, 1.807) is 25.1 Å². The molecule has 0 atom stereocenters. The maximum atomic E-state index is 12.7. The summed E-state index contributed by atoms with van der Waals surface area (Å²) < 4.78 is 41.1. The molecule has 1 aliphatic rings. The number of benzene rings is 3. The first-order valence-electron chi connectivity index (χ1n) is 9.84. The molecule has 0 unspecified atom stereocenters. The fourth-order valence-corrected chi connectivity index (χ4v) is 4.23. The topological polar surface area (TPSA) is 141 Å². The summed E-state index contributed by atoms with van der Waals surface area (Å²) in [6.45, 7) is 1.64. The highest BCUT2D eigenvalue weighted by Crippen LogP contribution is 2.36. The van der Waals surface area contributed by atoms with Gasteiger partial charge in [0.25, 0.3) is 5.91 Å². The van der Waals surface area contributed by atoms with Gasteiger partial charge in [0.1, 0.15) is 10.6 Å². The number of aromatic carboxylic acids is 1. The van der Waals surface area contributed by atoms with Gasteiger partial charge in [-0.1, -0.05) is 12.1 Å². The molecule has 0 saturated carbocycles. The molecule has 0 aliphatic carbocycles. The Balaban J connectivity index is 1.39. The molecule has 0 radical (unpaired) electrons. The number of carboxylic acid groups (broad SMARTS) is 1. The highest BCUT2D eigenvalue weighted by Gasteiger charge is 2.25. The highest BCUT2D eigenvalue weighted by molar-refractivity contribution is 7.87. The molecule has 1 aliphatic heterocycles. The van der Waals surface area contributed by atoms with Crippen molar-refractivity contribution >= 4 is 28.2 Å². The van der Waals surface area contributed by atoms with Crippen LogP contribution in [0.25, 0.3) is 0 Å². The lowest BCUT2D eigenvalue weighted by Crippen LogP contribution is -2.17. The molecule has 4 rings (SSSR count). The molecule has 10 nitrogen and oxygen atoms in total. The molecular formula is C23H18N2O8S. The average molecular weight is 482 g/mol. The van der Waals surface area contributed by atoms with Crippen LogP contribution in [0.15, 0.2) is 70.7 Å². The second-order valence-corrected chi connectivity index (χ2v) is 8.67. The first-order chi connectivity index (χ1) is 16.2. The number of nitrogens with one attached hydrogen (secondary N) is 1. The van der Waals surface area contributed by atoms with Crippen LogP contribution in [0, 0.1) is 6.92 Å². The van der Waals surface area contributed by atoms with Gasteiger partial charge in [0.15, 0.2) is 11.5 Å². The number of carbonyl (C=O) groups excluding carboxylic acids is 1. The Morgan fingerprint density at radius 2 is 1.62 bits per heavy atom. The fraction of sp³-hybridized carbons (Fsp3) is 0.0870. The van der Waals surface area contributed by atoms with Crippen molar-refractivity contribution in [1.82, 2.24) is 5.43 Å². The van der Waals surface area contributed by atoms with E-state index in [-0.39, 0.29) is 28.6 Å². The molecule has 2 N–H and O–H groups in total. The van der Waals surface area contributed by atoms with Crippen molar-refractivity contribution in [3.63, 3.8) is 0 Å². The Hall–Kier alpha value is -4.38. The number of amides is 1. The Kier molecular flexibility index (Phi) is 6.19. The third kappa shape index (κ3) is 4.99. The summed E-state index contributed by atoms with van der Waals surface area (Å²) in [6, 6.07) is 14.3. The quantitative estimate of drug-likeness (QED) is 0.298. The second-order valence-electron chi connectivity index (χ2n) is 7.16. The molecule has 0 fully saturated rings. The predicted molar refractivity (Wildman–Crippen MR) is 120 cm³/mol. The van der Waals surface area contributed by atoms with E-state index in [0.29, 0.717) is 22.6 Å². The van der Waals surface area contributed by atoms with Gasteiger partial charge in [0.2, 0.25) is 6.79 Å². The summed E-state index contributed by atoms with van der Waals surface area (Å²) in [5.74, 6) is -0.761. The summed E-state index contributed by atoms with van der Waals surface area (Å²) >= 11 is 0. The molecule has 0 bridgehead atoms. The van der Waals surface area contributed by atoms with Crippen molar-refractivity contribution < 1.29 is 36.8 Å². The maximum Gasteiger partial charge on any atom is 0.339 e. The molecule has 3 aromatic rings. The third-order valence-electron chi connectivity index (χ3n) is 4.80. The van der Waals surface area contributed by atoms with E-state index < -0.39 is 22.0 Å². The summed E-state index contributed by atoms with van der Waals surface area (Å²) in [7, 11) is -4.15. The van der Waals surface area contributed by atoms with Crippen LogP contribution >= 0.6 is 0 Å². The number of ether oxygens (including phenoxy) is 2. The second kappa shape index (κ2) is 9.24. The minimum atomic E-state index is -4.15. The van der Waals surface area contributed by atoms with Crippen LogP contribution in [-0.4, -0.2) is 38.4 Å². The highest BCUT2D eigenvalue weighted by atomic mass is 32.2. The molecule has 1 amide bonds. The third-order valence-corrected chi connectivity index (χ3v) is 6.19. The van der Waals surface area contributed by atoms with Gasteiger partial charge in [-0.2, -0.15) is 13.5 Å². The minimum Gasteiger partial charge on any atom is -0.478 e. The summed E-state index contributed by atoms with van der Waals surface area (Å²) in [5, 5.41) is 12.7. The molecule has 174 valence electrons. The van der Waals surface area contributed by atoms with Gasteiger partial charge in [0, 0.05) is 11.6 Å². The zero-order chi connectivity index (χ0) is 24.3. The van der Waals surface area contributed by atoms with E-state index in [2.05, 4.69) is 10.5 Å². The van der Waals surface area contributed by atoms with Gasteiger partial charge in [-0.3, -0.25) is 4.79 Å². The van der Waals surface area contributed by atoms with Gasteiger partial charge in [-0.15, -0.1) is 0 Å². The number of rotatable bonds is 7. The van der Waals surface area contributed by atoms with Crippen LogP contribution in [0.2, 0.25) is 0 Å². The Labute approximate surface area is 194 Å². The van der Waals surface area contributed by atoms with Crippen LogP contribution < -0.4 is 19.1 Å². The first kappa shape index (κ1) is 22.8. The Morgan fingerprint density at radius 3 is 2.26 bits per heavy atom. The lowest BCUT2D eigenvalue weighted by molar-refractivity contribution is 0.0696. The van der Waals surface area contributed by atoms with E-state index in [0.717, 1.165) is 0 Å². The van der Waals surface area contributed by atoms with Crippen molar-refractivity contribution in [3.8, 4) is 17.2 Å². The van der Waals surface area contributed by atoms with Crippen molar-refractivity contribution in [2.45, 2.75) is 11.8 Å². The van der Waals surface area contributed by atoms with Crippen molar-refractivity contribution in [2.24, 2.45) is 5.10 Å². The molecular weight excluding hydrogens is 464 g/mol. The summed E-state index contributed by atoms with van der Waals surface area (Å²) in [5.41, 5.74) is 3.74. The monoisotopic (exact) mass is 482 g/mol. The zero-order valence-electron chi connectivity index (χ0n) is 17.7. The van der Waals surface area contributed by atoms with Crippen LogP contribution in [-0.2, 0) is 10.1 Å². The van der Waals surface area contributed by atoms with Gasteiger partial charge >= 0.3 is 16.1 Å². The van der Waals surface area contributed by atoms with E-state index >= 15 is 0 Å². The largest absolute Gasteiger partial charge is 0.478 e. The number of fused-ring (bicyclic) bond motifs is 1. The number of nitrogens with zero attached hydrogens (tertiary/aromatic N) is 1. The summed E-state index contributed by atoms with van der Waals surface area (Å²) in [4.78, 5) is 23.1. The van der Waals surface area contributed by atoms with E-state index in [4.69, 9.17) is 18.8 Å². The van der Waals surface area contributed by atoms with Gasteiger partial charge < -0.3 is 18.8 Å². The number of hydrogen-bond acceptors (Lipinski definition) is 8. The van der Waals surface area contributed by atoms with Crippen molar-refractivity contribution in [1.29, 1.82) is 0 Å². The number of carboxylic acids is 1. The van der Waals surface area contributed by atoms with Crippen LogP contribution in [0.5, 0.6) is 17.2 Å². The van der Waals surface area contributed by atoms with Crippen molar-refractivity contribution in [2.75, 3.05) is 6.79 Å². The minimum absolute atomic E-state index is 0.0176. The molecule has 34 heavy (non-hydrogen) atoms. The lowest BCUT2D eigenvalue weighted by atomic mass is 10.1. The average Bonchev–Trinajstić information content (AvgIpc) is 3.26.